The van der Waals surface area contributed by atoms with Crippen molar-refractivity contribution in [3.05, 3.63) is 0 Å². The van der Waals surface area contributed by atoms with Gasteiger partial charge in [0.2, 0.25) is 0 Å². The molecule has 0 N–H and O–H groups in total. The molecule has 84 valence electrons. The van der Waals surface area contributed by atoms with Crippen molar-refractivity contribution >= 4 is 9.28 Å². The van der Waals surface area contributed by atoms with Crippen LogP contribution in [0.4, 0.5) is 0 Å². The Morgan fingerprint density at radius 1 is 1.50 bits per heavy atom. The normalized spacial score (nSPS) is 22.3. The van der Waals surface area contributed by atoms with Gasteiger partial charge in [-0.1, -0.05) is 0 Å². The number of hydrogen-bond acceptors (Lipinski definition) is 4. The predicted molar refractivity (Wildman–Crippen MR) is 55.8 cm³/mol. The third kappa shape index (κ3) is 5.72. The van der Waals surface area contributed by atoms with E-state index in [1.807, 2.05) is 6.92 Å². The Hall–Kier alpha value is 0.0569. The molecular weight excluding hydrogens is 200 g/mol. The van der Waals surface area contributed by atoms with Gasteiger partial charge in [-0.15, -0.1) is 0 Å². The maximum Gasteiger partial charge on any atom is 0.321 e. The molecule has 2 unspecified atom stereocenters. The monoisotopic (exact) mass is 220 g/mol. The van der Waals surface area contributed by atoms with Crippen molar-refractivity contribution in [3.8, 4) is 0 Å². The molecule has 1 rings (SSSR count). The summed E-state index contributed by atoms with van der Waals surface area (Å²) in [7, 11) is 0.352. The molecular formula is C9H20O4Si. The van der Waals surface area contributed by atoms with E-state index < -0.39 is 9.28 Å². The lowest BCUT2D eigenvalue weighted by Gasteiger charge is -2.12. The molecule has 0 bridgehead atoms. The van der Waals surface area contributed by atoms with Gasteiger partial charge in [-0.3, -0.25) is 0 Å². The Labute approximate surface area is 87.3 Å². The Morgan fingerprint density at radius 3 is 2.86 bits per heavy atom. The highest BCUT2D eigenvalue weighted by Gasteiger charge is 2.22. The molecule has 0 aromatic carbocycles. The van der Waals surface area contributed by atoms with Crippen LogP contribution in [0, 0.1) is 0 Å². The van der Waals surface area contributed by atoms with E-state index in [1.165, 1.54) is 0 Å². The van der Waals surface area contributed by atoms with Gasteiger partial charge in [0.15, 0.2) is 0 Å². The Kier molecular flexibility index (Phi) is 6.38. The number of rotatable bonds is 9. The van der Waals surface area contributed by atoms with E-state index in [9.17, 15) is 0 Å². The summed E-state index contributed by atoms with van der Waals surface area (Å²) in [6, 6.07) is 1.02. The summed E-state index contributed by atoms with van der Waals surface area (Å²) in [5.41, 5.74) is 0. The minimum Gasteiger partial charge on any atom is -0.400 e. The molecule has 0 aromatic rings. The fourth-order valence-electron chi connectivity index (χ4n) is 1.19. The van der Waals surface area contributed by atoms with Crippen molar-refractivity contribution in [3.63, 3.8) is 0 Å². The number of hydrogen-bond donors (Lipinski definition) is 0. The van der Waals surface area contributed by atoms with E-state index in [2.05, 4.69) is 0 Å². The quantitative estimate of drug-likeness (QED) is 0.326. The topological polar surface area (TPSA) is 40.2 Å². The third-order valence-electron chi connectivity index (χ3n) is 2.05. The van der Waals surface area contributed by atoms with E-state index in [4.69, 9.17) is 18.3 Å². The molecule has 0 aromatic heterocycles. The van der Waals surface area contributed by atoms with E-state index in [0.717, 1.165) is 38.9 Å². The molecule has 1 aliphatic rings. The zero-order valence-electron chi connectivity index (χ0n) is 9.03. The summed E-state index contributed by atoms with van der Waals surface area (Å²) in [4.78, 5) is 0. The minimum absolute atomic E-state index is 0.373. The molecule has 2 atom stereocenters. The maximum atomic E-state index is 5.47. The third-order valence-corrected chi connectivity index (χ3v) is 4.16. The molecule has 0 saturated carbocycles. The average molecular weight is 220 g/mol. The minimum atomic E-state index is -1.38. The van der Waals surface area contributed by atoms with Crippen molar-refractivity contribution in [1.29, 1.82) is 0 Å². The number of epoxide rings is 1. The predicted octanol–water partition coefficient (Wildman–Crippen LogP) is 0.695. The second-order valence-corrected chi connectivity index (χ2v) is 5.53. The standard InChI is InChI=1S/C9H20O4Si/c1-3-13-14(10-2)6-4-5-11-7-9-8-12-9/h9,14H,3-8H2,1-2H3. The van der Waals surface area contributed by atoms with Crippen LogP contribution in [0.2, 0.25) is 6.04 Å². The van der Waals surface area contributed by atoms with Gasteiger partial charge in [0.05, 0.1) is 13.2 Å². The Morgan fingerprint density at radius 2 is 2.29 bits per heavy atom. The zero-order chi connectivity index (χ0) is 10.2. The smallest absolute Gasteiger partial charge is 0.321 e. The van der Waals surface area contributed by atoms with Crippen LogP contribution in [0.3, 0.4) is 0 Å². The first kappa shape index (κ1) is 12.1. The molecule has 0 spiro atoms. The molecule has 0 radical (unpaired) electrons. The van der Waals surface area contributed by atoms with E-state index in [-0.39, 0.29) is 0 Å². The Balaban J connectivity index is 1.84. The van der Waals surface area contributed by atoms with Crippen LogP contribution < -0.4 is 0 Å². The van der Waals surface area contributed by atoms with Crippen molar-refractivity contribution in [1.82, 2.24) is 0 Å². The van der Waals surface area contributed by atoms with Crippen molar-refractivity contribution in [2.24, 2.45) is 0 Å². The van der Waals surface area contributed by atoms with Gasteiger partial charge in [0.25, 0.3) is 0 Å². The molecule has 1 fully saturated rings. The van der Waals surface area contributed by atoms with Gasteiger partial charge in [0.1, 0.15) is 6.10 Å². The van der Waals surface area contributed by atoms with E-state index in [1.54, 1.807) is 7.11 Å². The van der Waals surface area contributed by atoms with Gasteiger partial charge >= 0.3 is 9.28 Å². The highest BCUT2D eigenvalue weighted by molar-refractivity contribution is 6.44. The highest BCUT2D eigenvalue weighted by atomic mass is 28.3. The first-order chi connectivity index (χ1) is 6.86. The van der Waals surface area contributed by atoms with Crippen LogP contribution in [0.1, 0.15) is 13.3 Å². The molecule has 5 heteroatoms. The fourth-order valence-corrected chi connectivity index (χ4v) is 2.60. The summed E-state index contributed by atoms with van der Waals surface area (Å²) in [5.74, 6) is 0. The van der Waals surface area contributed by atoms with E-state index in [0.29, 0.717) is 6.10 Å². The Bertz CT molecular complexity index is 141. The second kappa shape index (κ2) is 7.36. The van der Waals surface area contributed by atoms with E-state index >= 15 is 0 Å². The lowest BCUT2D eigenvalue weighted by Crippen LogP contribution is -2.21. The lowest BCUT2D eigenvalue weighted by molar-refractivity contribution is 0.115. The van der Waals surface area contributed by atoms with Crippen molar-refractivity contribution in [2.45, 2.75) is 25.5 Å². The first-order valence-electron chi connectivity index (χ1n) is 5.20. The fraction of sp³-hybridized carbons (Fsp3) is 1.00. The molecule has 1 saturated heterocycles. The average Bonchev–Trinajstić information content (AvgIpc) is 2.99. The van der Waals surface area contributed by atoms with Crippen LogP contribution in [0.5, 0.6) is 0 Å². The second-order valence-electron chi connectivity index (χ2n) is 3.29. The molecule has 4 nitrogen and oxygen atoms in total. The van der Waals surface area contributed by atoms with Crippen LogP contribution in [-0.2, 0) is 18.3 Å². The molecule has 1 heterocycles. The van der Waals surface area contributed by atoms with Crippen LogP contribution in [0.15, 0.2) is 0 Å². The summed E-state index contributed by atoms with van der Waals surface area (Å²) in [6.07, 6.45) is 1.40. The largest absolute Gasteiger partial charge is 0.400 e. The van der Waals surface area contributed by atoms with Gasteiger partial charge in [-0.05, 0) is 19.4 Å². The van der Waals surface area contributed by atoms with Crippen molar-refractivity contribution in [2.75, 3.05) is 33.5 Å². The summed E-state index contributed by atoms with van der Waals surface area (Å²) < 4.78 is 21.2. The molecule has 1 aliphatic heterocycles. The summed E-state index contributed by atoms with van der Waals surface area (Å²) in [5, 5.41) is 0. The van der Waals surface area contributed by atoms with Gasteiger partial charge in [-0.2, -0.15) is 0 Å². The maximum absolute atomic E-state index is 5.47. The van der Waals surface area contributed by atoms with Crippen molar-refractivity contribution < 1.29 is 18.3 Å². The summed E-state index contributed by atoms with van der Waals surface area (Å²) in [6.45, 7) is 5.16. The SMILES string of the molecule is CCO[SiH](CCCOCC1CO1)OC. The molecule has 0 amide bonds. The summed E-state index contributed by atoms with van der Waals surface area (Å²) >= 11 is 0. The van der Waals surface area contributed by atoms with Gasteiger partial charge in [0, 0.05) is 20.3 Å². The highest BCUT2D eigenvalue weighted by Crippen LogP contribution is 2.09. The van der Waals surface area contributed by atoms with Gasteiger partial charge < -0.3 is 18.3 Å². The molecule has 14 heavy (non-hydrogen) atoms. The van der Waals surface area contributed by atoms with Crippen LogP contribution in [-0.4, -0.2) is 48.9 Å². The number of ether oxygens (including phenoxy) is 2. The lowest BCUT2D eigenvalue weighted by atomic mass is 10.5. The zero-order valence-corrected chi connectivity index (χ0v) is 10.2. The van der Waals surface area contributed by atoms with Crippen LogP contribution >= 0.6 is 0 Å². The van der Waals surface area contributed by atoms with Crippen LogP contribution in [0.25, 0.3) is 0 Å². The van der Waals surface area contributed by atoms with Gasteiger partial charge in [-0.25, -0.2) is 0 Å². The first-order valence-corrected chi connectivity index (χ1v) is 6.96. The molecule has 0 aliphatic carbocycles.